The number of para-hydroxylation sites is 1. The van der Waals surface area contributed by atoms with E-state index in [1.54, 1.807) is 6.07 Å². The van der Waals surface area contributed by atoms with E-state index in [0.717, 1.165) is 18.4 Å². The largest absolute Gasteiger partial charge is 0.506 e. The molecule has 4 heteroatoms. The molecule has 88 valence electrons. The van der Waals surface area contributed by atoms with Crippen LogP contribution in [-0.2, 0) is 11.4 Å². The second-order valence-electron chi connectivity index (χ2n) is 4.09. The summed E-state index contributed by atoms with van der Waals surface area (Å²) in [5.41, 5.74) is 3.65. The predicted octanol–water partition coefficient (Wildman–Crippen LogP) is 3.01. The Morgan fingerprint density at radius 2 is 2.12 bits per heavy atom. The molecule has 0 radical (unpaired) electrons. The van der Waals surface area contributed by atoms with Crippen molar-refractivity contribution in [2.75, 3.05) is 0 Å². The quantitative estimate of drug-likeness (QED) is 0.797. The minimum absolute atomic E-state index is 0.131. The zero-order valence-corrected chi connectivity index (χ0v) is 9.83. The smallest absolute Gasteiger partial charge is 0.138 e. The van der Waals surface area contributed by atoms with Gasteiger partial charge in [-0.1, -0.05) is 36.6 Å². The standard InChI is InChI=1S/C12H16ClNO2/c13-11-7-3-4-9(12(11)15)8-14-16-10-5-1-2-6-10/h3-4,7,10,14-15H,1-2,5-6,8H2. The van der Waals surface area contributed by atoms with Crippen LogP contribution in [0.1, 0.15) is 31.2 Å². The maximum atomic E-state index is 9.66. The van der Waals surface area contributed by atoms with Crippen LogP contribution in [0.25, 0.3) is 0 Å². The second kappa shape index (κ2) is 5.53. The van der Waals surface area contributed by atoms with E-state index in [2.05, 4.69) is 5.48 Å². The predicted molar refractivity (Wildman–Crippen MR) is 63.3 cm³/mol. The van der Waals surface area contributed by atoms with Gasteiger partial charge in [-0.3, -0.25) is 4.84 Å². The number of hydrogen-bond acceptors (Lipinski definition) is 3. The number of hydrogen-bond donors (Lipinski definition) is 2. The summed E-state index contributed by atoms with van der Waals surface area (Å²) in [6, 6.07) is 5.30. The zero-order chi connectivity index (χ0) is 11.4. The van der Waals surface area contributed by atoms with Gasteiger partial charge in [0.25, 0.3) is 0 Å². The first kappa shape index (κ1) is 11.7. The third kappa shape index (κ3) is 2.88. The third-order valence-electron chi connectivity index (χ3n) is 2.89. The van der Waals surface area contributed by atoms with Crippen LogP contribution in [0.3, 0.4) is 0 Å². The molecule has 0 aromatic heterocycles. The molecule has 1 fully saturated rings. The molecule has 16 heavy (non-hydrogen) atoms. The number of phenolic OH excluding ortho intramolecular Hbond substituents is 1. The van der Waals surface area contributed by atoms with Gasteiger partial charge in [0.2, 0.25) is 0 Å². The molecule has 0 heterocycles. The molecule has 0 saturated heterocycles. The lowest BCUT2D eigenvalue weighted by molar-refractivity contribution is -0.0246. The van der Waals surface area contributed by atoms with Gasteiger partial charge in [0, 0.05) is 12.1 Å². The van der Waals surface area contributed by atoms with Gasteiger partial charge >= 0.3 is 0 Å². The van der Waals surface area contributed by atoms with Gasteiger partial charge in [0.05, 0.1) is 11.1 Å². The first-order valence-electron chi connectivity index (χ1n) is 5.62. The molecule has 0 spiro atoms. The molecule has 0 bridgehead atoms. The lowest BCUT2D eigenvalue weighted by atomic mass is 10.2. The van der Waals surface area contributed by atoms with E-state index in [1.165, 1.54) is 12.8 Å². The highest BCUT2D eigenvalue weighted by Crippen LogP contribution is 2.27. The van der Waals surface area contributed by atoms with Gasteiger partial charge in [-0.2, -0.15) is 5.48 Å². The summed E-state index contributed by atoms with van der Waals surface area (Å²) in [7, 11) is 0. The Labute approximate surface area is 100 Å². The normalized spacial score (nSPS) is 16.8. The van der Waals surface area contributed by atoms with Crippen molar-refractivity contribution < 1.29 is 9.94 Å². The van der Waals surface area contributed by atoms with E-state index in [-0.39, 0.29) is 5.75 Å². The van der Waals surface area contributed by atoms with Crippen LogP contribution in [0.4, 0.5) is 0 Å². The number of benzene rings is 1. The van der Waals surface area contributed by atoms with E-state index in [0.29, 0.717) is 17.7 Å². The lowest BCUT2D eigenvalue weighted by Gasteiger charge is -2.12. The Morgan fingerprint density at radius 3 is 2.88 bits per heavy atom. The average molecular weight is 242 g/mol. The van der Waals surface area contributed by atoms with Crippen LogP contribution < -0.4 is 5.48 Å². The number of halogens is 1. The number of rotatable bonds is 4. The maximum Gasteiger partial charge on any atom is 0.138 e. The topological polar surface area (TPSA) is 41.5 Å². The summed E-state index contributed by atoms with van der Waals surface area (Å²) in [5.74, 6) is 0.131. The van der Waals surface area contributed by atoms with Crippen molar-refractivity contribution in [1.82, 2.24) is 5.48 Å². The van der Waals surface area contributed by atoms with Crippen molar-refractivity contribution in [3.63, 3.8) is 0 Å². The first-order valence-corrected chi connectivity index (χ1v) is 6.00. The monoisotopic (exact) mass is 241 g/mol. The van der Waals surface area contributed by atoms with Crippen LogP contribution in [0.5, 0.6) is 5.75 Å². The highest BCUT2D eigenvalue weighted by atomic mass is 35.5. The lowest BCUT2D eigenvalue weighted by Crippen LogP contribution is -2.21. The van der Waals surface area contributed by atoms with E-state index in [4.69, 9.17) is 16.4 Å². The molecule has 2 N–H and O–H groups in total. The molecular weight excluding hydrogens is 226 g/mol. The van der Waals surface area contributed by atoms with Crippen molar-refractivity contribution in [1.29, 1.82) is 0 Å². The number of hydroxylamine groups is 1. The van der Waals surface area contributed by atoms with Gasteiger partial charge in [0.15, 0.2) is 0 Å². The maximum absolute atomic E-state index is 9.66. The fourth-order valence-corrected chi connectivity index (χ4v) is 2.14. The molecule has 0 atom stereocenters. The average Bonchev–Trinajstić information content (AvgIpc) is 2.77. The highest BCUT2D eigenvalue weighted by molar-refractivity contribution is 6.32. The van der Waals surface area contributed by atoms with Crippen LogP contribution >= 0.6 is 11.6 Å². The fraction of sp³-hybridized carbons (Fsp3) is 0.500. The van der Waals surface area contributed by atoms with E-state index in [1.807, 2.05) is 12.1 Å². The van der Waals surface area contributed by atoms with Gasteiger partial charge in [-0.05, 0) is 18.9 Å². The van der Waals surface area contributed by atoms with Crippen molar-refractivity contribution in [2.24, 2.45) is 0 Å². The zero-order valence-electron chi connectivity index (χ0n) is 9.08. The van der Waals surface area contributed by atoms with Gasteiger partial charge in [-0.15, -0.1) is 0 Å². The molecule has 1 saturated carbocycles. The Hall–Kier alpha value is -0.770. The molecule has 2 rings (SSSR count). The molecule has 0 amide bonds. The van der Waals surface area contributed by atoms with Crippen LogP contribution in [0.2, 0.25) is 5.02 Å². The van der Waals surface area contributed by atoms with E-state index >= 15 is 0 Å². The second-order valence-corrected chi connectivity index (χ2v) is 4.50. The van der Waals surface area contributed by atoms with Crippen molar-refractivity contribution >= 4 is 11.6 Å². The van der Waals surface area contributed by atoms with Crippen molar-refractivity contribution in [3.8, 4) is 5.75 Å². The molecule has 0 unspecified atom stereocenters. The third-order valence-corrected chi connectivity index (χ3v) is 3.19. The van der Waals surface area contributed by atoms with E-state index in [9.17, 15) is 5.11 Å². The number of nitrogens with one attached hydrogen (secondary N) is 1. The summed E-state index contributed by atoms with van der Waals surface area (Å²) in [5, 5.41) is 10.0. The van der Waals surface area contributed by atoms with Crippen LogP contribution in [-0.4, -0.2) is 11.2 Å². The van der Waals surface area contributed by atoms with Crippen LogP contribution in [0, 0.1) is 0 Å². The Bertz CT molecular complexity index is 351. The summed E-state index contributed by atoms with van der Waals surface area (Å²) in [6.45, 7) is 0.475. The van der Waals surface area contributed by atoms with Gasteiger partial charge in [-0.25, -0.2) is 0 Å². The molecule has 1 aromatic carbocycles. The van der Waals surface area contributed by atoms with E-state index < -0.39 is 0 Å². The van der Waals surface area contributed by atoms with Gasteiger partial charge in [0.1, 0.15) is 5.75 Å². The minimum Gasteiger partial charge on any atom is -0.506 e. The highest BCUT2D eigenvalue weighted by Gasteiger charge is 2.15. The molecule has 1 aliphatic carbocycles. The summed E-state index contributed by atoms with van der Waals surface area (Å²) >= 11 is 5.80. The van der Waals surface area contributed by atoms with Crippen LogP contribution in [0.15, 0.2) is 18.2 Å². The van der Waals surface area contributed by atoms with Crippen molar-refractivity contribution in [3.05, 3.63) is 28.8 Å². The Kier molecular flexibility index (Phi) is 4.04. The number of aromatic hydroxyl groups is 1. The summed E-state index contributed by atoms with van der Waals surface area (Å²) in [6.07, 6.45) is 5.05. The molecule has 0 aliphatic heterocycles. The number of phenols is 1. The fourth-order valence-electron chi connectivity index (χ4n) is 1.95. The molecule has 1 aromatic rings. The SMILES string of the molecule is Oc1c(Cl)cccc1CNOC1CCCC1. The molecule has 1 aliphatic rings. The molecule has 3 nitrogen and oxygen atoms in total. The molecular formula is C12H16ClNO2. The summed E-state index contributed by atoms with van der Waals surface area (Å²) < 4.78 is 0. The van der Waals surface area contributed by atoms with Crippen molar-refractivity contribution in [2.45, 2.75) is 38.3 Å². The first-order chi connectivity index (χ1) is 7.77. The Balaban J connectivity index is 1.82. The summed E-state index contributed by atoms with van der Waals surface area (Å²) in [4.78, 5) is 5.50. The van der Waals surface area contributed by atoms with Gasteiger partial charge < -0.3 is 5.11 Å². The Morgan fingerprint density at radius 1 is 1.38 bits per heavy atom. The minimum atomic E-state index is 0.131.